The fourth-order valence-electron chi connectivity index (χ4n) is 1.37. The Hall–Kier alpha value is -1.85. The van der Waals surface area contributed by atoms with Crippen LogP contribution in [-0.4, -0.2) is 33.0 Å². The second-order valence-electron chi connectivity index (χ2n) is 3.81. The van der Waals surface area contributed by atoms with Crippen molar-refractivity contribution < 1.29 is 14.7 Å². The molecule has 0 radical (unpaired) electrons. The number of nitrogens with zero attached hydrogens (tertiary/aromatic N) is 1. The van der Waals surface area contributed by atoms with Gasteiger partial charge in [-0.25, -0.2) is 4.98 Å². The fourth-order valence-corrected chi connectivity index (χ4v) is 1.37. The number of rotatable bonds is 5. The van der Waals surface area contributed by atoms with E-state index in [1.807, 2.05) is 0 Å². The van der Waals surface area contributed by atoms with Gasteiger partial charge in [-0.1, -0.05) is 6.92 Å². The van der Waals surface area contributed by atoms with E-state index in [4.69, 9.17) is 5.11 Å². The van der Waals surface area contributed by atoms with Crippen LogP contribution < -0.4 is 5.32 Å². The first-order chi connectivity index (χ1) is 7.50. The Labute approximate surface area is 93.1 Å². The number of carbonyl (C=O) groups is 2. The Balaban J connectivity index is 2.43. The Kier molecular flexibility index (Phi) is 4.04. The van der Waals surface area contributed by atoms with Crippen LogP contribution in [0.2, 0.25) is 0 Å². The summed E-state index contributed by atoms with van der Waals surface area (Å²) in [6.45, 7) is 3.38. The lowest BCUT2D eigenvalue weighted by Gasteiger charge is -2.15. The van der Waals surface area contributed by atoms with E-state index in [-0.39, 0.29) is 11.9 Å². The number of hydrogen-bond donors (Lipinski definition) is 3. The standard InChI is InChI=1S/C10H15N3O3/c1-6(10(15)16)3-7(2)13-9(14)8-4-11-5-12-8/h4-7H,3H2,1-2H3,(H,11,12)(H,13,14)(H,15,16). The SMILES string of the molecule is CC(CC(C)C(=O)O)NC(=O)c1cnc[nH]1. The molecule has 16 heavy (non-hydrogen) atoms. The summed E-state index contributed by atoms with van der Waals surface area (Å²) in [6, 6.07) is -0.193. The van der Waals surface area contributed by atoms with Crippen LogP contribution in [-0.2, 0) is 4.79 Å². The van der Waals surface area contributed by atoms with E-state index in [0.717, 1.165) is 0 Å². The van der Waals surface area contributed by atoms with Gasteiger partial charge in [0.1, 0.15) is 5.69 Å². The van der Waals surface area contributed by atoms with E-state index >= 15 is 0 Å². The molecule has 3 N–H and O–H groups in total. The number of H-pyrrole nitrogens is 1. The van der Waals surface area contributed by atoms with Gasteiger partial charge in [0.25, 0.3) is 5.91 Å². The highest BCUT2D eigenvalue weighted by molar-refractivity contribution is 5.92. The molecular weight excluding hydrogens is 210 g/mol. The maximum atomic E-state index is 11.5. The summed E-state index contributed by atoms with van der Waals surface area (Å²) in [4.78, 5) is 28.6. The number of carboxylic acids is 1. The minimum atomic E-state index is -0.859. The van der Waals surface area contributed by atoms with E-state index in [2.05, 4.69) is 15.3 Å². The van der Waals surface area contributed by atoms with E-state index in [1.54, 1.807) is 13.8 Å². The second-order valence-corrected chi connectivity index (χ2v) is 3.81. The Morgan fingerprint density at radius 3 is 2.75 bits per heavy atom. The van der Waals surface area contributed by atoms with Crippen LogP contribution in [0.4, 0.5) is 0 Å². The minimum Gasteiger partial charge on any atom is -0.481 e. The molecule has 88 valence electrons. The highest BCUT2D eigenvalue weighted by atomic mass is 16.4. The van der Waals surface area contributed by atoms with Gasteiger partial charge in [0.15, 0.2) is 0 Å². The van der Waals surface area contributed by atoms with Crippen LogP contribution in [0.5, 0.6) is 0 Å². The van der Waals surface area contributed by atoms with Crippen molar-refractivity contribution in [1.82, 2.24) is 15.3 Å². The number of amides is 1. The molecule has 0 aliphatic carbocycles. The maximum Gasteiger partial charge on any atom is 0.306 e. The second kappa shape index (κ2) is 5.29. The van der Waals surface area contributed by atoms with Gasteiger partial charge in [0, 0.05) is 6.04 Å². The molecule has 0 bridgehead atoms. The average molecular weight is 225 g/mol. The van der Waals surface area contributed by atoms with Crippen molar-refractivity contribution in [2.75, 3.05) is 0 Å². The van der Waals surface area contributed by atoms with E-state index < -0.39 is 11.9 Å². The first kappa shape index (κ1) is 12.2. The number of aliphatic carboxylic acids is 1. The number of imidazole rings is 1. The number of hydrogen-bond acceptors (Lipinski definition) is 3. The Bertz CT molecular complexity index is 361. The lowest BCUT2D eigenvalue weighted by Crippen LogP contribution is -2.35. The Morgan fingerprint density at radius 2 is 2.25 bits per heavy atom. The average Bonchev–Trinajstić information content (AvgIpc) is 2.69. The molecule has 1 amide bonds. The third-order valence-corrected chi connectivity index (χ3v) is 2.25. The first-order valence-electron chi connectivity index (χ1n) is 5.02. The molecular formula is C10H15N3O3. The molecule has 2 atom stereocenters. The van der Waals surface area contributed by atoms with Crippen LogP contribution in [0.1, 0.15) is 30.8 Å². The van der Waals surface area contributed by atoms with Crippen molar-refractivity contribution >= 4 is 11.9 Å². The lowest BCUT2D eigenvalue weighted by atomic mass is 10.0. The molecule has 6 nitrogen and oxygen atoms in total. The zero-order chi connectivity index (χ0) is 12.1. The van der Waals surface area contributed by atoms with Gasteiger partial charge >= 0.3 is 5.97 Å². The molecule has 1 aromatic rings. The summed E-state index contributed by atoms with van der Waals surface area (Å²) in [5, 5.41) is 11.4. The van der Waals surface area contributed by atoms with Gasteiger partial charge in [-0.05, 0) is 13.3 Å². The zero-order valence-electron chi connectivity index (χ0n) is 9.23. The van der Waals surface area contributed by atoms with E-state index in [9.17, 15) is 9.59 Å². The number of carboxylic acid groups (broad SMARTS) is 1. The Morgan fingerprint density at radius 1 is 1.56 bits per heavy atom. The highest BCUT2D eigenvalue weighted by Crippen LogP contribution is 2.06. The predicted octanol–water partition coefficient (Wildman–Crippen LogP) is 0.639. The highest BCUT2D eigenvalue weighted by Gasteiger charge is 2.17. The molecule has 0 aliphatic heterocycles. The molecule has 0 saturated heterocycles. The third kappa shape index (κ3) is 3.38. The van der Waals surface area contributed by atoms with Crippen molar-refractivity contribution in [3.05, 3.63) is 18.2 Å². The monoisotopic (exact) mass is 225 g/mol. The molecule has 2 unspecified atom stereocenters. The normalized spacial score (nSPS) is 14.1. The number of aromatic amines is 1. The van der Waals surface area contributed by atoms with Gasteiger partial charge in [-0.3, -0.25) is 9.59 Å². The van der Waals surface area contributed by atoms with Gasteiger partial charge in [-0.2, -0.15) is 0 Å². The topological polar surface area (TPSA) is 95.1 Å². The summed E-state index contributed by atoms with van der Waals surface area (Å²) >= 11 is 0. The molecule has 0 aromatic carbocycles. The molecule has 1 heterocycles. The zero-order valence-corrected chi connectivity index (χ0v) is 9.23. The largest absolute Gasteiger partial charge is 0.481 e. The molecule has 0 fully saturated rings. The quantitative estimate of drug-likeness (QED) is 0.685. The molecule has 0 saturated carbocycles. The summed E-state index contributed by atoms with van der Waals surface area (Å²) in [5.74, 6) is -1.61. The summed E-state index contributed by atoms with van der Waals surface area (Å²) in [6.07, 6.45) is 3.23. The fraction of sp³-hybridized carbons (Fsp3) is 0.500. The van der Waals surface area contributed by atoms with Gasteiger partial charge < -0.3 is 15.4 Å². The number of nitrogens with one attached hydrogen (secondary N) is 2. The summed E-state index contributed by atoms with van der Waals surface area (Å²) in [5.41, 5.74) is 0.370. The van der Waals surface area contributed by atoms with Crippen LogP contribution >= 0.6 is 0 Å². The first-order valence-corrected chi connectivity index (χ1v) is 5.02. The summed E-state index contributed by atoms with van der Waals surface area (Å²) in [7, 11) is 0. The number of aromatic nitrogens is 2. The molecule has 0 spiro atoms. The van der Waals surface area contributed by atoms with Crippen LogP contribution in [0.25, 0.3) is 0 Å². The molecule has 1 rings (SSSR count). The van der Waals surface area contributed by atoms with Crippen LogP contribution in [0, 0.1) is 5.92 Å². The molecule has 6 heteroatoms. The van der Waals surface area contributed by atoms with E-state index in [1.165, 1.54) is 12.5 Å². The van der Waals surface area contributed by atoms with Gasteiger partial charge in [0.2, 0.25) is 0 Å². The van der Waals surface area contributed by atoms with Crippen molar-refractivity contribution in [1.29, 1.82) is 0 Å². The smallest absolute Gasteiger partial charge is 0.306 e. The minimum absolute atomic E-state index is 0.193. The number of carbonyl (C=O) groups excluding carboxylic acids is 1. The van der Waals surface area contributed by atoms with Crippen molar-refractivity contribution in [3.8, 4) is 0 Å². The lowest BCUT2D eigenvalue weighted by molar-refractivity contribution is -0.141. The molecule has 0 aliphatic rings. The predicted molar refractivity (Wildman–Crippen MR) is 56.9 cm³/mol. The van der Waals surface area contributed by atoms with Crippen molar-refractivity contribution in [3.63, 3.8) is 0 Å². The summed E-state index contributed by atoms with van der Waals surface area (Å²) < 4.78 is 0. The van der Waals surface area contributed by atoms with Crippen LogP contribution in [0.3, 0.4) is 0 Å². The van der Waals surface area contributed by atoms with E-state index in [0.29, 0.717) is 12.1 Å². The van der Waals surface area contributed by atoms with Crippen LogP contribution in [0.15, 0.2) is 12.5 Å². The third-order valence-electron chi connectivity index (χ3n) is 2.25. The van der Waals surface area contributed by atoms with Crippen molar-refractivity contribution in [2.45, 2.75) is 26.3 Å². The van der Waals surface area contributed by atoms with Crippen molar-refractivity contribution in [2.24, 2.45) is 5.92 Å². The van der Waals surface area contributed by atoms with Gasteiger partial charge in [0.05, 0.1) is 18.4 Å². The van der Waals surface area contributed by atoms with Gasteiger partial charge in [-0.15, -0.1) is 0 Å². The molecule has 1 aromatic heterocycles. The maximum absolute atomic E-state index is 11.5.